The summed E-state index contributed by atoms with van der Waals surface area (Å²) in [5.74, 6) is 0.478. The van der Waals surface area contributed by atoms with Gasteiger partial charge in [-0.05, 0) is 13.3 Å². The van der Waals surface area contributed by atoms with E-state index in [1.807, 2.05) is 6.92 Å². The Morgan fingerprint density at radius 2 is 1.97 bits per heavy atom. The molecule has 0 aromatic carbocycles. The van der Waals surface area contributed by atoms with E-state index >= 15 is 0 Å². The molecule has 3 rings (SSSR count). The maximum Gasteiger partial charge on any atom is 0.266 e. The van der Waals surface area contributed by atoms with Gasteiger partial charge < -0.3 is 9.42 Å². The highest BCUT2D eigenvalue weighted by Gasteiger charge is 2.28. The molecule has 29 heavy (non-hydrogen) atoms. The molecule has 158 valence electrons. The van der Waals surface area contributed by atoms with Gasteiger partial charge in [-0.3, -0.25) is 14.2 Å². The Hall–Kier alpha value is -2.60. The van der Waals surface area contributed by atoms with Crippen molar-refractivity contribution in [2.24, 2.45) is 0 Å². The zero-order valence-corrected chi connectivity index (χ0v) is 17.3. The lowest BCUT2D eigenvalue weighted by Crippen LogP contribution is -2.51. The molecule has 0 N–H and O–H groups in total. The number of amides is 1. The molecule has 0 radical (unpaired) electrons. The molecule has 0 aliphatic carbocycles. The highest BCUT2D eigenvalue weighted by molar-refractivity contribution is 7.89. The molecular formula is C17H24N6O5S. The number of rotatable bonds is 7. The summed E-state index contributed by atoms with van der Waals surface area (Å²) in [5, 5.41) is 3.66. The third-order valence-corrected chi connectivity index (χ3v) is 6.75. The number of nitrogens with zero attached hydrogens (tertiary/aromatic N) is 6. The highest BCUT2D eigenvalue weighted by atomic mass is 32.2. The number of aromatic nitrogens is 4. The van der Waals surface area contributed by atoms with Gasteiger partial charge in [0.15, 0.2) is 5.82 Å². The van der Waals surface area contributed by atoms with Gasteiger partial charge in [0.1, 0.15) is 5.56 Å². The van der Waals surface area contributed by atoms with E-state index in [-0.39, 0.29) is 41.6 Å². The average molecular weight is 424 g/mol. The normalized spacial score (nSPS) is 15.6. The molecule has 0 bridgehead atoms. The number of carbonyl (C=O) groups excluding carboxylic acids is 1. The average Bonchev–Trinajstić information content (AvgIpc) is 3.13. The standard InChI is InChI=1S/C17H24N6O5S/c1-3-10-29(26,27)23-8-6-21(7-9-23)15(24)4-5-22-12-18-11-14(17(22)25)16-19-13(2)20-28-16/h11-12H,3-10H2,1-2H3. The Labute approximate surface area is 168 Å². The van der Waals surface area contributed by atoms with Crippen molar-refractivity contribution in [1.29, 1.82) is 0 Å². The number of hydrogen-bond acceptors (Lipinski definition) is 8. The predicted molar refractivity (Wildman–Crippen MR) is 103 cm³/mol. The summed E-state index contributed by atoms with van der Waals surface area (Å²) in [6.07, 6.45) is 3.38. The van der Waals surface area contributed by atoms with Crippen LogP contribution in [-0.2, 0) is 21.4 Å². The quantitative estimate of drug-likeness (QED) is 0.601. The molecular weight excluding hydrogens is 400 g/mol. The van der Waals surface area contributed by atoms with Gasteiger partial charge in [0, 0.05) is 45.3 Å². The first-order valence-electron chi connectivity index (χ1n) is 9.42. The number of piperazine rings is 1. The minimum Gasteiger partial charge on any atom is -0.340 e. The fourth-order valence-corrected chi connectivity index (χ4v) is 4.63. The molecule has 11 nitrogen and oxygen atoms in total. The van der Waals surface area contributed by atoms with Gasteiger partial charge >= 0.3 is 0 Å². The minimum atomic E-state index is -3.25. The van der Waals surface area contributed by atoms with E-state index in [1.165, 1.54) is 21.4 Å². The third kappa shape index (κ3) is 4.88. The van der Waals surface area contributed by atoms with Crippen LogP contribution in [-0.4, -0.2) is 75.2 Å². The van der Waals surface area contributed by atoms with Crippen LogP contribution in [0.25, 0.3) is 11.5 Å². The molecule has 2 aromatic heterocycles. The summed E-state index contributed by atoms with van der Waals surface area (Å²) in [6, 6.07) is 0. The van der Waals surface area contributed by atoms with Crippen molar-refractivity contribution in [3.05, 3.63) is 28.7 Å². The first kappa shape index (κ1) is 21.1. The second kappa shape index (κ2) is 8.82. The molecule has 0 spiro atoms. The third-order valence-electron chi connectivity index (χ3n) is 4.67. The van der Waals surface area contributed by atoms with Crippen molar-refractivity contribution in [2.75, 3.05) is 31.9 Å². The van der Waals surface area contributed by atoms with Crippen LogP contribution in [0.15, 0.2) is 21.8 Å². The predicted octanol–water partition coefficient (Wildman–Crippen LogP) is -0.124. The maximum atomic E-state index is 12.6. The molecule has 1 saturated heterocycles. The fourth-order valence-electron chi connectivity index (χ4n) is 3.14. The lowest BCUT2D eigenvalue weighted by molar-refractivity contribution is -0.132. The second-order valence-electron chi connectivity index (χ2n) is 6.80. The monoisotopic (exact) mass is 424 g/mol. The van der Waals surface area contributed by atoms with Crippen LogP contribution in [0.1, 0.15) is 25.6 Å². The largest absolute Gasteiger partial charge is 0.340 e. The highest BCUT2D eigenvalue weighted by Crippen LogP contribution is 2.12. The molecule has 3 heterocycles. The van der Waals surface area contributed by atoms with Crippen molar-refractivity contribution in [3.8, 4) is 11.5 Å². The molecule has 0 atom stereocenters. The van der Waals surface area contributed by atoms with Crippen molar-refractivity contribution in [3.63, 3.8) is 0 Å². The van der Waals surface area contributed by atoms with Gasteiger partial charge in [0.05, 0.1) is 12.1 Å². The van der Waals surface area contributed by atoms with Gasteiger partial charge in [0.2, 0.25) is 15.9 Å². The molecule has 0 unspecified atom stereocenters. The summed E-state index contributed by atoms with van der Waals surface area (Å²) in [6.45, 7) is 4.89. The number of carbonyl (C=O) groups is 1. The van der Waals surface area contributed by atoms with Gasteiger partial charge in [-0.25, -0.2) is 13.4 Å². The molecule has 12 heteroatoms. The first-order valence-corrected chi connectivity index (χ1v) is 11.0. The van der Waals surface area contributed by atoms with Crippen LogP contribution in [0.3, 0.4) is 0 Å². The number of hydrogen-bond donors (Lipinski definition) is 0. The van der Waals surface area contributed by atoms with Crippen LogP contribution in [0.2, 0.25) is 0 Å². The van der Waals surface area contributed by atoms with Crippen LogP contribution < -0.4 is 5.56 Å². The van der Waals surface area contributed by atoms with Crippen LogP contribution in [0, 0.1) is 6.92 Å². The van der Waals surface area contributed by atoms with Crippen LogP contribution in [0.5, 0.6) is 0 Å². The van der Waals surface area contributed by atoms with Crippen molar-refractivity contribution in [2.45, 2.75) is 33.2 Å². The molecule has 2 aromatic rings. The smallest absolute Gasteiger partial charge is 0.266 e. The zero-order chi connectivity index (χ0) is 21.0. The summed E-state index contributed by atoms with van der Waals surface area (Å²) in [4.78, 5) is 34.8. The lowest BCUT2D eigenvalue weighted by Gasteiger charge is -2.34. The van der Waals surface area contributed by atoms with Gasteiger partial charge in [0.25, 0.3) is 11.4 Å². The Morgan fingerprint density at radius 1 is 1.24 bits per heavy atom. The van der Waals surface area contributed by atoms with Crippen molar-refractivity contribution in [1.82, 2.24) is 28.9 Å². The van der Waals surface area contributed by atoms with Crippen molar-refractivity contribution < 1.29 is 17.7 Å². The van der Waals surface area contributed by atoms with E-state index in [0.29, 0.717) is 38.4 Å². The summed E-state index contributed by atoms with van der Waals surface area (Å²) >= 11 is 0. The minimum absolute atomic E-state index is 0.0880. The van der Waals surface area contributed by atoms with E-state index in [4.69, 9.17) is 4.52 Å². The summed E-state index contributed by atoms with van der Waals surface area (Å²) in [7, 11) is -3.25. The number of sulfonamides is 1. The van der Waals surface area contributed by atoms with Crippen LogP contribution in [0.4, 0.5) is 0 Å². The molecule has 1 amide bonds. The second-order valence-corrected chi connectivity index (χ2v) is 8.89. The van der Waals surface area contributed by atoms with Gasteiger partial charge in [-0.15, -0.1) is 0 Å². The summed E-state index contributed by atoms with van der Waals surface area (Å²) in [5.41, 5.74) is -0.192. The van der Waals surface area contributed by atoms with Gasteiger partial charge in [-0.1, -0.05) is 12.1 Å². The Bertz CT molecular complexity index is 1020. The topological polar surface area (TPSA) is 132 Å². The maximum absolute atomic E-state index is 12.6. The Morgan fingerprint density at radius 3 is 2.59 bits per heavy atom. The number of aryl methyl sites for hydroxylation is 2. The Kier molecular flexibility index (Phi) is 6.42. The van der Waals surface area contributed by atoms with Gasteiger partial charge in [-0.2, -0.15) is 9.29 Å². The zero-order valence-electron chi connectivity index (χ0n) is 16.4. The molecule has 1 aliphatic heterocycles. The van der Waals surface area contributed by atoms with Crippen molar-refractivity contribution >= 4 is 15.9 Å². The molecule has 0 saturated carbocycles. The molecule has 1 aliphatic rings. The van der Waals surface area contributed by atoms with E-state index in [9.17, 15) is 18.0 Å². The first-order chi connectivity index (χ1) is 13.8. The van der Waals surface area contributed by atoms with E-state index < -0.39 is 10.0 Å². The Balaban J connectivity index is 1.59. The summed E-state index contributed by atoms with van der Waals surface area (Å²) < 4.78 is 32.0. The lowest BCUT2D eigenvalue weighted by atomic mass is 10.3. The van der Waals surface area contributed by atoms with E-state index in [0.717, 1.165) is 0 Å². The van der Waals surface area contributed by atoms with E-state index in [1.54, 1.807) is 11.8 Å². The van der Waals surface area contributed by atoms with Crippen LogP contribution >= 0.6 is 0 Å². The van der Waals surface area contributed by atoms with E-state index in [2.05, 4.69) is 15.1 Å². The SMILES string of the molecule is CCCS(=O)(=O)N1CCN(C(=O)CCn2cncc(-c3nc(C)no3)c2=O)CC1. The molecule has 1 fully saturated rings. The fraction of sp³-hybridized carbons (Fsp3) is 0.588.